The van der Waals surface area contributed by atoms with Gasteiger partial charge in [0.15, 0.2) is 6.54 Å². The highest BCUT2D eigenvalue weighted by molar-refractivity contribution is 7.99. The van der Waals surface area contributed by atoms with Crippen LogP contribution in [-0.4, -0.2) is 44.4 Å². The number of para-hydroxylation sites is 1. The third kappa shape index (κ3) is 5.58. The number of thiophene rings is 1. The van der Waals surface area contributed by atoms with Crippen LogP contribution in [0.4, 0.5) is 5.69 Å². The number of carbonyl (C=O) groups excluding carboxylic acids is 1. The molecular weight excluding hydrogens is 364 g/mol. The second kappa shape index (κ2) is 9.74. The van der Waals surface area contributed by atoms with Crippen molar-refractivity contribution < 1.29 is 14.6 Å². The van der Waals surface area contributed by atoms with Crippen molar-refractivity contribution in [2.24, 2.45) is 0 Å². The summed E-state index contributed by atoms with van der Waals surface area (Å²) in [6.45, 7) is 5.87. The van der Waals surface area contributed by atoms with E-state index in [9.17, 15) is 4.79 Å². The van der Waals surface area contributed by atoms with E-state index in [1.807, 2.05) is 35.6 Å². The molecule has 0 atom stereocenters. The van der Waals surface area contributed by atoms with Crippen LogP contribution in [-0.2, 0) is 11.3 Å². The highest BCUT2D eigenvalue weighted by Gasteiger charge is 2.25. The van der Waals surface area contributed by atoms with Gasteiger partial charge in [0.25, 0.3) is 5.91 Å². The van der Waals surface area contributed by atoms with Crippen LogP contribution < -0.4 is 15.1 Å². The smallest absolute Gasteiger partial charge is 0.279 e. The van der Waals surface area contributed by atoms with E-state index in [1.165, 1.54) is 21.5 Å². The molecule has 1 aromatic carbocycles. The third-order valence-corrected chi connectivity index (χ3v) is 6.35. The van der Waals surface area contributed by atoms with Crippen LogP contribution in [0.25, 0.3) is 0 Å². The van der Waals surface area contributed by atoms with Crippen molar-refractivity contribution in [1.82, 2.24) is 0 Å². The maximum absolute atomic E-state index is 12.4. The lowest BCUT2D eigenvalue weighted by Crippen LogP contribution is -3.28. The number of benzene rings is 1. The maximum atomic E-state index is 12.4. The van der Waals surface area contributed by atoms with Crippen molar-refractivity contribution in [3.8, 4) is 6.07 Å². The molecule has 0 aliphatic carbocycles. The first-order chi connectivity index (χ1) is 12.7. The number of nitrogens with zero attached hydrogens (tertiary/aromatic N) is 1. The van der Waals surface area contributed by atoms with Gasteiger partial charge in [-0.3, -0.25) is 4.79 Å². The van der Waals surface area contributed by atoms with Gasteiger partial charge in [-0.1, -0.05) is 18.2 Å². The molecule has 0 spiro atoms. The lowest BCUT2D eigenvalue weighted by molar-refractivity contribution is -1.01. The van der Waals surface area contributed by atoms with Crippen LogP contribution in [0, 0.1) is 11.3 Å². The number of amides is 1. The van der Waals surface area contributed by atoms with E-state index in [-0.39, 0.29) is 5.91 Å². The topological polar surface area (TPSA) is 61.8 Å². The third-order valence-electron chi connectivity index (χ3n) is 4.53. The van der Waals surface area contributed by atoms with Gasteiger partial charge in [-0.15, -0.1) is 23.1 Å². The molecule has 136 valence electrons. The monoisotopic (exact) mass is 388 g/mol. The molecule has 7 heteroatoms. The summed E-state index contributed by atoms with van der Waals surface area (Å²) in [6.07, 6.45) is 0. The Kier molecular flexibility index (Phi) is 7.09. The number of nitrogens with one attached hydrogen (secondary N) is 3. The molecule has 1 aromatic heterocycles. The molecule has 1 saturated heterocycles. The van der Waals surface area contributed by atoms with Gasteiger partial charge in [-0.05, 0) is 23.6 Å². The van der Waals surface area contributed by atoms with E-state index in [0.29, 0.717) is 12.3 Å². The zero-order valence-electron chi connectivity index (χ0n) is 14.7. The van der Waals surface area contributed by atoms with Gasteiger partial charge in [-0.25, -0.2) is 0 Å². The fourth-order valence-electron chi connectivity index (χ4n) is 3.20. The Morgan fingerprint density at radius 2 is 1.92 bits per heavy atom. The molecule has 0 saturated carbocycles. The summed E-state index contributed by atoms with van der Waals surface area (Å²) in [5.41, 5.74) is 0.805. The van der Waals surface area contributed by atoms with Crippen LogP contribution in [0.2, 0.25) is 0 Å². The first kappa shape index (κ1) is 18.9. The standard InChI is InChI=1S/C19H22N4OS2/c20-7-13-26-18-6-2-1-5-17(18)21-19(24)15-23-10-8-22(9-11-23)14-16-4-3-12-25-16/h1-6,12H,8-11,13-15H2,(H,21,24)/p+2. The summed E-state index contributed by atoms with van der Waals surface area (Å²) in [7, 11) is 0. The van der Waals surface area contributed by atoms with E-state index in [4.69, 9.17) is 5.26 Å². The Labute approximate surface area is 162 Å². The number of thioether (sulfide) groups is 1. The average Bonchev–Trinajstić information content (AvgIpc) is 3.16. The van der Waals surface area contributed by atoms with Crippen LogP contribution in [0.3, 0.4) is 0 Å². The van der Waals surface area contributed by atoms with Gasteiger partial charge in [0, 0.05) is 4.90 Å². The molecule has 2 heterocycles. The number of quaternary nitrogens is 2. The van der Waals surface area contributed by atoms with Crippen molar-refractivity contribution in [2.75, 3.05) is 43.8 Å². The highest BCUT2D eigenvalue weighted by Crippen LogP contribution is 2.26. The Morgan fingerprint density at radius 3 is 2.65 bits per heavy atom. The Morgan fingerprint density at radius 1 is 1.15 bits per heavy atom. The minimum atomic E-state index is 0.0479. The highest BCUT2D eigenvalue weighted by atomic mass is 32.2. The number of carbonyl (C=O) groups is 1. The zero-order chi connectivity index (χ0) is 18.2. The van der Waals surface area contributed by atoms with Crippen LogP contribution in [0.5, 0.6) is 0 Å². The Hall–Kier alpha value is -1.85. The van der Waals surface area contributed by atoms with Gasteiger partial charge < -0.3 is 15.1 Å². The fourth-order valence-corrected chi connectivity index (χ4v) is 4.64. The SMILES string of the molecule is N#CCSc1ccccc1NC(=O)C[NH+]1CC[NH+](Cc2cccs2)CC1. The summed E-state index contributed by atoms with van der Waals surface area (Å²) < 4.78 is 0. The van der Waals surface area contributed by atoms with E-state index >= 15 is 0 Å². The average molecular weight is 389 g/mol. The number of hydrogen-bond acceptors (Lipinski definition) is 4. The molecular formula is C19H24N4OS2+2. The first-order valence-corrected chi connectivity index (χ1v) is 10.7. The van der Waals surface area contributed by atoms with Crippen molar-refractivity contribution in [1.29, 1.82) is 5.26 Å². The van der Waals surface area contributed by atoms with Gasteiger partial charge in [0.05, 0.1) is 22.4 Å². The number of hydrogen-bond donors (Lipinski definition) is 3. The molecule has 3 N–H and O–H groups in total. The largest absolute Gasteiger partial charge is 0.321 e. The van der Waals surface area contributed by atoms with Gasteiger partial charge in [0.1, 0.15) is 32.7 Å². The molecule has 0 unspecified atom stereocenters. The molecule has 0 radical (unpaired) electrons. The predicted octanol–water partition coefficient (Wildman–Crippen LogP) is 0.286. The second-order valence-electron chi connectivity index (χ2n) is 6.42. The molecule has 5 nitrogen and oxygen atoms in total. The van der Waals surface area contributed by atoms with Gasteiger partial charge in [-0.2, -0.15) is 5.26 Å². The van der Waals surface area contributed by atoms with E-state index in [2.05, 4.69) is 28.9 Å². The number of anilines is 1. The lowest BCUT2D eigenvalue weighted by Gasteiger charge is -2.29. The molecule has 1 fully saturated rings. The Balaban J connectivity index is 1.45. The quantitative estimate of drug-likeness (QED) is 0.598. The van der Waals surface area contributed by atoms with Crippen LogP contribution >= 0.6 is 23.1 Å². The summed E-state index contributed by atoms with van der Waals surface area (Å²) in [6, 6.07) is 14.1. The normalized spacial score (nSPS) is 19.7. The van der Waals surface area contributed by atoms with Crippen LogP contribution in [0.15, 0.2) is 46.7 Å². The van der Waals surface area contributed by atoms with Crippen molar-refractivity contribution in [2.45, 2.75) is 11.4 Å². The van der Waals surface area contributed by atoms with Gasteiger partial charge >= 0.3 is 0 Å². The minimum Gasteiger partial charge on any atom is -0.321 e. The molecule has 26 heavy (non-hydrogen) atoms. The summed E-state index contributed by atoms with van der Waals surface area (Å²) in [5.74, 6) is 0.430. The number of rotatable bonds is 7. The molecule has 2 aromatic rings. The number of nitriles is 1. The second-order valence-corrected chi connectivity index (χ2v) is 8.47. The maximum Gasteiger partial charge on any atom is 0.279 e. The zero-order valence-corrected chi connectivity index (χ0v) is 16.3. The van der Waals surface area contributed by atoms with E-state index < -0.39 is 0 Å². The Bertz CT molecular complexity index is 749. The summed E-state index contributed by atoms with van der Waals surface area (Å²) in [5, 5.41) is 13.9. The summed E-state index contributed by atoms with van der Waals surface area (Å²) in [4.78, 5) is 17.8. The molecule has 1 aliphatic rings. The summed E-state index contributed by atoms with van der Waals surface area (Å²) >= 11 is 3.27. The van der Waals surface area contributed by atoms with Crippen molar-refractivity contribution in [3.63, 3.8) is 0 Å². The fraction of sp³-hybridized carbons (Fsp3) is 0.368. The lowest BCUT2D eigenvalue weighted by atomic mass is 10.3. The van der Waals surface area contributed by atoms with E-state index in [0.717, 1.165) is 43.3 Å². The van der Waals surface area contributed by atoms with Crippen LogP contribution in [0.1, 0.15) is 4.88 Å². The number of piperazine rings is 1. The van der Waals surface area contributed by atoms with Crippen molar-refractivity contribution >= 4 is 34.7 Å². The molecule has 3 rings (SSSR count). The van der Waals surface area contributed by atoms with E-state index in [1.54, 1.807) is 4.90 Å². The minimum absolute atomic E-state index is 0.0479. The predicted molar refractivity (Wildman–Crippen MR) is 106 cm³/mol. The van der Waals surface area contributed by atoms with Gasteiger partial charge in [0.2, 0.25) is 0 Å². The molecule has 1 aliphatic heterocycles. The van der Waals surface area contributed by atoms with Crippen molar-refractivity contribution in [3.05, 3.63) is 46.7 Å². The first-order valence-electron chi connectivity index (χ1n) is 8.83. The molecule has 1 amide bonds. The molecule has 0 bridgehead atoms.